The predicted molar refractivity (Wildman–Crippen MR) is 89.5 cm³/mol. The molecule has 1 aromatic carbocycles. The van der Waals surface area contributed by atoms with Gasteiger partial charge in [-0.3, -0.25) is 4.79 Å². The van der Waals surface area contributed by atoms with Crippen molar-refractivity contribution in [1.29, 1.82) is 0 Å². The van der Waals surface area contributed by atoms with Crippen LogP contribution in [0.4, 0.5) is 0 Å². The maximum atomic E-state index is 11.9. The van der Waals surface area contributed by atoms with Crippen LogP contribution in [0.3, 0.4) is 0 Å². The fourth-order valence-electron chi connectivity index (χ4n) is 2.34. The van der Waals surface area contributed by atoms with Crippen LogP contribution in [0.1, 0.15) is 21.3 Å². The number of carbonyl (C=O) groups is 1. The Morgan fingerprint density at radius 1 is 1.36 bits per heavy atom. The molecule has 6 heteroatoms. The molecule has 0 fully saturated rings. The summed E-state index contributed by atoms with van der Waals surface area (Å²) in [6, 6.07) is 11.1. The number of aliphatic hydroxyl groups is 1. The molecule has 0 radical (unpaired) electrons. The van der Waals surface area contributed by atoms with Crippen molar-refractivity contribution >= 4 is 39.7 Å². The average Bonchev–Trinajstić information content (AvgIpc) is 3.11. The number of nitrogens with zero attached hydrogens (tertiary/aromatic N) is 1. The number of halogens is 1. The number of aliphatic hydroxyl groups excluding tert-OH is 1. The molecule has 2 N–H and O–H groups in total. The summed E-state index contributed by atoms with van der Waals surface area (Å²) in [6.07, 6.45) is 1.23. The third kappa shape index (κ3) is 3.02. The van der Waals surface area contributed by atoms with E-state index >= 15 is 0 Å². The molecular weight excluding hydrogens is 320 g/mol. The molecule has 0 aliphatic carbocycles. The Labute approximate surface area is 136 Å². The lowest BCUT2D eigenvalue weighted by Crippen LogP contribution is -2.27. The van der Waals surface area contributed by atoms with Crippen molar-refractivity contribution in [3.8, 4) is 0 Å². The van der Waals surface area contributed by atoms with E-state index in [1.807, 2.05) is 42.1 Å². The van der Waals surface area contributed by atoms with Crippen LogP contribution in [-0.4, -0.2) is 22.1 Å². The monoisotopic (exact) mass is 334 g/mol. The largest absolute Gasteiger partial charge is 0.387 e. The van der Waals surface area contributed by atoms with Gasteiger partial charge in [0.05, 0.1) is 15.3 Å². The molecule has 0 unspecified atom stereocenters. The molecule has 22 heavy (non-hydrogen) atoms. The van der Waals surface area contributed by atoms with Crippen LogP contribution in [0.2, 0.25) is 4.34 Å². The molecule has 3 aromatic rings. The van der Waals surface area contributed by atoms with E-state index < -0.39 is 6.10 Å². The first-order valence-corrected chi connectivity index (χ1v) is 8.00. The van der Waals surface area contributed by atoms with E-state index in [4.69, 9.17) is 11.6 Å². The van der Waals surface area contributed by atoms with Gasteiger partial charge in [0.1, 0.15) is 0 Å². The number of aryl methyl sites for hydroxylation is 1. The smallest absolute Gasteiger partial charge is 0.261 e. The molecule has 0 aliphatic heterocycles. The normalized spacial score (nSPS) is 12.5. The molecule has 1 atom stereocenters. The quantitative estimate of drug-likeness (QED) is 0.768. The van der Waals surface area contributed by atoms with Crippen molar-refractivity contribution in [2.24, 2.45) is 7.05 Å². The highest BCUT2D eigenvalue weighted by atomic mass is 35.5. The van der Waals surface area contributed by atoms with Gasteiger partial charge in [0.15, 0.2) is 0 Å². The summed E-state index contributed by atoms with van der Waals surface area (Å²) in [5.74, 6) is -0.225. The van der Waals surface area contributed by atoms with E-state index in [1.165, 1.54) is 11.3 Å². The van der Waals surface area contributed by atoms with Crippen LogP contribution < -0.4 is 5.32 Å². The summed E-state index contributed by atoms with van der Waals surface area (Å²) in [5, 5.41) is 14.0. The predicted octanol–water partition coefficient (Wildman–Crippen LogP) is 3.36. The van der Waals surface area contributed by atoms with Crippen LogP contribution in [0.15, 0.2) is 42.6 Å². The summed E-state index contributed by atoms with van der Waals surface area (Å²) in [7, 11) is 1.98. The fourth-order valence-corrected chi connectivity index (χ4v) is 3.30. The van der Waals surface area contributed by atoms with Gasteiger partial charge in [-0.1, -0.05) is 17.7 Å². The van der Waals surface area contributed by atoms with Gasteiger partial charge in [-0.05, 0) is 41.3 Å². The summed E-state index contributed by atoms with van der Waals surface area (Å²) >= 11 is 7.02. The van der Waals surface area contributed by atoms with Gasteiger partial charge in [-0.25, -0.2) is 0 Å². The highest BCUT2D eigenvalue weighted by Crippen LogP contribution is 2.22. The minimum absolute atomic E-state index is 0.159. The minimum Gasteiger partial charge on any atom is -0.387 e. The molecule has 3 rings (SSSR count). The van der Waals surface area contributed by atoms with Crippen molar-refractivity contribution in [3.63, 3.8) is 0 Å². The summed E-state index contributed by atoms with van der Waals surface area (Å²) in [4.78, 5) is 12.5. The fraction of sp³-hybridized carbons (Fsp3) is 0.188. The number of nitrogens with one attached hydrogen (secondary N) is 1. The Bertz CT molecular complexity index is 825. The third-order valence-electron chi connectivity index (χ3n) is 3.55. The molecule has 1 amide bonds. The number of benzene rings is 1. The molecule has 2 aromatic heterocycles. The van der Waals surface area contributed by atoms with Crippen LogP contribution >= 0.6 is 22.9 Å². The van der Waals surface area contributed by atoms with Gasteiger partial charge in [-0.2, -0.15) is 0 Å². The van der Waals surface area contributed by atoms with Crippen LogP contribution in [0.25, 0.3) is 10.9 Å². The van der Waals surface area contributed by atoms with E-state index in [9.17, 15) is 9.90 Å². The first kappa shape index (κ1) is 15.1. The molecule has 4 nitrogen and oxygen atoms in total. The highest BCUT2D eigenvalue weighted by Gasteiger charge is 2.13. The topological polar surface area (TPSA) is 54.3 Å². The second-order valence-electron chi connectivity index (χ2n) is 5.07. The lowest BCUT2D eigenvalue weighted by molar-refractivity contribution is 0.0920. The number of aromatic nitrogens is 1. The molecule has 0 aliphatic rings. The lowest BCUT2D eigenvalue weighted by Gasteiger charge is -2.12. The first-order chi connectivity index (χ1) is 10.5. The van der Waals surface area contributed by atoms with Crippen LogP contribution in [-0.2, 0) is 7.05 Å². The number of fused-ring (bicyclic) bond motifs is 1. The van der Waals surface area contributed by atoms with Crippen molar-refractivity contribution in [3.05, 3.63) is 57.4 Å². The summed E-state index contributed by atoms with van der Waals surface area (Å²) in [5.41, 5.74) is 1.89. The molecule has 114 valence electrons. The first-order valence-electron chi connectivity index (χ1n) is 6.81. The van der Waals surface area contributed by atoms with E-state index in [0.29, 0.717) is 9.21 Å². The second kappa shape index (κ2) is 6.12. The maximum absolute atomic E-state index is 11.9. The second-order valence-corrected chi connectivity index (χ2v) is 6.79. The summed E-state index contributed by atoms with van der Waals surface area (Å²) in [6.45, 7) is 0.159. The lowest BCUT2D eigenvalue weighted by atomic mass is 10.1. The standard InChI is InChI=1S/C16H15ClN2O2S/c1-19-7-6-10-8-11(2-3-12(10)19)13(20)9-18-16(21)14-4-5-15(17)22-14/h2-8,13,20H,9H2,1H3,(H,18,21)/t13-/m0/s1. The zero-order valence-electron chi connectivity index (χ0n) is 11.9. The number of amides is 1. The van der Waals surface area contributed by atoms with Crippen molar-refractivity contribution in [2.75, 3.05) is 6.54 Å². The Balaban J connectivity index is 1.67. The van der Waals surface area contributed by atoms with Crippen molar-refractivity contribution < 1.29 is 9.90 Å². The average molecular weight is 335 g/mol. The maximum Gasteiger partial charge on any atom is 0.261 e. The van der Waals surface area contributed by atoms with Crippen LogP contribution in [0, 0.1) is 0 Å². The van der Waals surface area contributed by atoms with E-state index in [0.717, 1.165) is 16.5 Å². The number of hydrogen-bond acceptors (Lipinski definition) is 3. The molecule has 0 bridgehead atoms. The zero-order valence-corrected chi connectivity index (χ0v) is 13.5. The highest BCUT2D eigenvalue weighted by molar-refractivity contribution is 7.17. The summed E-state index contributed by atoms with van der Waals surface area (Å²) < 4.78 is 2.59. The van der Waals surface area contributed by atoms with Gasteiger partial charge >= 0.3 is 0 Å². The molecule has 0 spiro atoms. The molecule has 2 heterocycles. The number of thiophene rings is 1. The van der Waals surface area contributed by atoms with Gasteiger partial charge in [0.25, 0.3) is 5.91 Å². The minimum atomic E-state index is -0.746. The SMILES string of the molecule is Cn1ccc2cc([C@@H](O)CNC(=O)c3ccc(Cl)s3)ccc21. The molecule has 0 saturated carbocycles. The van der Waals surface area contributed by atoms with E-state index in [1.54, 1.807) is 12.1 Å². The Hall–Kier alpha value is -1.82. The molecule has 0 saturated heterocycles. The number of hydrogen-bond donors (Lipinski definition) is 2. The van der Waals surface area contributed by atoms with E-state index in [-0.39, 0.29) is 12.5 Å². The third-order valence-corrected chi connectivity index (χ3v) is 4.78. The van der Waals surface area contributed by atoms with Gasteiger partial charge in [0, 0.05) is 25.3 Å². The van der Waals surface area contributed by atoms with Gasteiger partial charge in [-0.15, -0.1) is 11.3 Å². The number of carbonyl (C=O) groups excluding carboxylic acids is 1. The number of rotatable bonds is 4. The zero-order chi connectivity index (χ0) is 15.7. The van der Waals surface area contributed by atoms with Gasteiger partial charge in [0.2, 0.25) is 0 Å². The Kier molecular flexibility index (Phi) is 4.20. The van der Waals surface area contributed by atoms with Crippen molar-refractivity contribution in [2.45, 2.75) is 6.10 Å². The Morgan fingerprint density at radius 2 is 2.18 bits per heavy atom. The van der Waals surface area contributed by atoms with Gasteiger partial charge < -0.3 is 15.0 Å². The Morgan fingerprint density at radius 3 is 2.91 bits per heavy atom. The van der Waals surface area contributed by atoms with E-state index in [2.05, 4.69) is 5.32 Å². The van der Waals surface area contributed by atoms with Crippen LogP contribution in [0.5, 0.6) is 0 Å². The van der Waals surface area contributed by atoms with Crippen molar-refractivity contribution in [1.82, 2.24) is 9.88 Å². The molecular formula is C16H15ClN2O2S.